The number of hydrogen-bond donors (Lipinski definition) is 1. The number of rotatable bonds is 3. The van der Waals surface area contributed by atoms with Gasteiger partial charge in [-0.2, -0.15) is 0 Å². The lowest BCUT2D eigenvalue weighted by Crippen LogP contribution is -2.47. The van der Waals surface area contributed by atoms with E-state index in [1.54, 1.807) is 0 Å². The Bertz CT molecular complexity index is 489. The quantitative estimate of drug-likeness (QED) is 0.844. The molecule has 2 nitrogen and oxygen atoms in total. The van der Waals surface area contributed by atoms with Crippen LogP contribution >= 0.6 is 27.5 Å². The van der Waals surface area contributed by atoms with E-state index in [-0.39, 0.29) is 5.60 Å². The van der Waals surface area contributed by atoms with Gasteiger partial charge in [-0.15, -0.1) is 0 Å². The summed E-state index contributed by atoms with van der Waals surface area (Å²) in [5.74, 6) is 0.631. The molecule has 1 N–H and O–H groups in total. The van der Waals surface area contributed by atoms with E-state index in [0.717, 1.165) is 22.5 Å². The third-order valence-corrected chi connectivity index (χ3v) is 5.80. The highest BCUT2D eigenvalue weighted by Crippen LogP contribution is 2.47. The minimum atomic E-state index is 0.191. The maximum absolute atomic E-state index is 6.06. The van der Waals surface area contributed by atoms with Gasteiger partial charge in [0.2, 0.25) is 0 Å². The zero-order valence-corrected chi connectivity index (χ0v) is 14.1. The van der Waals surface area contributed by atoms with Gasteiger partial charge in [0.25, 0.3) is 0 Å². The molecule has 2 aliphatic rings. The summed E-state index contributed by atoms with van der Waals surface area (Å²) >= 11 is 9.72. The van der Waals surface area contributed by atoms with Crippen LogP contribution in [0.5, 0.6) is 0 Å². The third kappa shape index (κ3) is 2.78. The van der Waals surface area contributed by atoms with Crippen LogP contribution in [0.1, 0.15) is 43.7 Å². The summed E-state index contributed by atoms with van der Waals surface area (Å²) in [5.41, 5.74) is 1.50. The van der Waals surface area contributed by atoms with E-state index in [2.05, 4.69) is 34.4 Å². The van der Waals surface area contributed by atoms with Crippen LogP contribution in [-0.4, -0.2) is 19.3 Å². The van der Waals surface area contributed by atoms with E-state index < -0.39 is 0 Å². The fraction of sp³-hybridized carbons (Fsp3) is 0.625. The molecule has 1 heterocycles. The summed E-state index contributed by atoms with van der Waals surface area (Å²) in [6.07, 6.45) is 6.10. The fourth-order valence-corrected chi connectivity index (χ4v) is 4.60. The third-order valence-electron chi connectivity index (χ3n) is 4.88. The first kappa shape index (κ1) is 14.8. The first-order valence-electron chi connectivity index (χ1n) is 7.40. The fourth-order valence-electron chi connectivity index (χ4n) is 3.67. The Morgan fingerprint density at radius 1 is 1.45 bits per heavy atom. The minimum Gasteiger partial charge on any atom is -0.375 e. The summed E-state index contributed by atoms with van der Waals surface area (Å²) in [7, 11) is 2.05. The van der Waals surface area contributed by atoms with Gasteiger partial charge in [-0.3, -0.25) is 0 Å². The molecule has 2 fully saturated rings. The Morgan fingerprint density at radius 2 is 2.25 bits per heavy atom. The summed E-state index contributed by atoms with van der Waals surface area (Å²) in [5, 5.41) is 4.28. The Labute approximate surface area is 134 Å². The van der Waals surface area contributed by atoms with Gasteiger partial charge in [0.15, 0.2) is 0 Å². The van der Waals surface area contributed by atoms with Crippen molar-refractivity contribution < 1.29 is 4.74 Å². The van der Waals surface area contributed by atoms with E-state index in [1.807, 2.05) is 12.1 Å². The Kier molecular flexibility index (Phi) is 4.42. The lowest BCUT2D eigenvalue weighted by Gasteiger charge is -2.49. The molecule has 0 radical (unpaired) electrons. The zero-order valence-electron chi connectivity index (χ0n) is 11.8. The standard InChI is InChI=1S/C16H21BrClNO/c1-19-15(13-4-3-12(18)9-14(13)17)11-5-8-20-16(10-11)6-2-7-16/h3-4,9,11,15,19H,2,5-8,10H2,1H3. The first-order chi connectivity index (χ1) is 9.63. The van der Waals surface area contributed by atoms with Gasteiger partial charge in [0.05, 0.1) is 5.60 Å². The number of hydrogen-bond acceptors (Lipinski definition) is 2. The van der Waals surface area contributed by atoms with Crippen molar-refractivity contribution in [2.75, 3.05) is 13.7 Å². The van der Waals surface area contributed by atoms with Crippen LogP contribution in [0.3, 0.4) is 0 Å². The molecular weight excluding hydrogens is 338 g/mol. The zero-order chi connectivity index (χ0) is 14.2. The molecule has 4 heteroatoms. The molecule has 1 spiro atoms. The van der Waals surface area contributed by atoms with E-state index >= 15 is 0 Å². The Balaban J connectivity index is 1.81. The molecule has 3 rings (SSSR count). The number of nitrogens with one attached hydrogen (secondary N) is 1. The maximum atomic E-state index is 6.06. The predicted molar refractivity (Wildman–Crippen MR) is 86.2 cm³/mol. The van der Waals surface area contributed by atoms with E-state index in [4.69, 9.17) is 16.3 Å². The van der Waals surface area contributed by atoms with Crippen LogP contribution in [0.15, 0.2) is 22.7 Å². The molecule has 0 amide bonds. The van der Waals surface area contributed by atoms with E-state index in [1.165, 1.54) is 31.2 Å². The van der Waals surface area contributed by atoms with Gasteiger partial charge in [0.1, 0.15) is 0 Å². The summed E-state index contributed by atoms with van der Waals surface area (Å²) in [6, 6.07) is 6.46. The van der Waals surface area contributed by atoms with Crippen molar-refractivity contribution in [2.45, 2.75) is 43.7 Å². The van der Waals surface area contributed by atoms with Crippen LogP contribution in [0.25, 0.3) is 0 Å². The number of benzene rings is 1. The van der Waals surface area contributed by atoms with E-state index in [9.17, 15) is 0 Å². The molecule has 0 aromatic heterocycles. The lowest BCUT2D eigenvalue weighted by molar-refractivity contribution is -0.147. The summed E-state index contributed by atoms with van der Waals surface area (Å²) in [4.78, 5) is 0. The topological polar surface area (TPSA) is 21.3 Å². The van der Waals surface area contributed by atoms with Crippen LogP contribution in [0, 0.1) is 5.92 Å². The minimum absolute atomic E-state index is 0.191. The van der Waals surface area contributed by atoms with Crippen LogP contribution in [-0.2, 0) is 4.74 Å². The van der Waals surface area contributed by atoms with Crippen molar-refractivity contribution in [1.82, 2.24) is 5.32 Å². The number of ether oxygens (including phenoxy) is 1. The molecule has 1 aliphatic heterocycles. The molecule has 1 aromatic rings. The number of halogens is 2. The normalized spacial score (nSPS) is 26.2. The van der Waals surface area contributed by atoms with Crippen LogP contribution in [0.4, 0.5) is 0 Å². The SMILES string of the molecule is CNC(c1ccc(Cl)cc1Br)C1CCOC2(CCC2)C1. The Morgan fingerprint density at radius 3 is 2.85 bits per heavy atom. The lowest BCUT2D eigenvalue weighted by atomic mass is 9.69. The molecule has 1 aromatic carbocycles. The highest BCUT2D eigenvalue weighted by atomic mass is 79.9. The second-order valence-electron chi connectivity index (χ2n) is 6.07. The highest BCUT2D eigenvalue weighted by molar-refractivity contribution is 9.10. The van der Waals surface area contributed by atoms with Gasteiger partial charge >= 0.3 is 0 Å². The molecule has 2 unspecified atom stereocenters. The average molecular weight is 359 g/mol. The molecule has 1 aliphatic carbocycles. The molecule has 110 valence electrons. The monoisotopic (exact) mass is 357 g/mol. The van der Waals surface area contributed by atoms with Crippen molar-refractivity contribution in [3.63, 3.8) is 0 Å². The van der Waals surface area contributed by atoms with Crippen molar-refractivity contribution in [3.05, 3.63) is 33.3 Å². The summed E-state index contributed by atoms with van der Waals surface area (Å²) in [6.45, 7) is 0.897. The predicted octanol–water partition coefficient (Wildman–Crippen LogP) is 4.71. The van der Waals surface area contributed by atoms with Crippen molar-refractivity contribution in [1.29, 1.82) is 0 Å². The van der Waals surface area contributed by atoms with E-state index in [0.29, 0.717) is 12.0 Å². The largest absolute Gasteiger partial charge is 0.375 e. The van der Waals surface area contributed by atoms with Gasteiger partial charge < -0.3 is 10.1 Å². The molecule has 1 saturated carbocycles. The maximum Gasteiger partial charge on any atom is 0.0686 e. The van der Waals surface area contributed by atoms with Gasteiger partial charge in [-0.05, 0) is 62.8 Å². The highest BCUT2D eigenvalue weighted by Gasteiger charge is 2.44. The van der Waals surface area contributed by atoms with Gasteiger partial charge in [-0.1, -0.05) is 33.6 Å². The first-order valence-corrected chi connectivity index (χ1v) is 8.57. The second kappa shape index (κ2) is 5.96. The Hall–Kier alpha value is -0.0900. The molecule has 20 heavy (non-hydrogen) atoms. The van der Waals surface area contributed by atoms with Gasteiger partial charge in [0, 0.05) is 22.1 Å². The van der Waals surface area contributed by atoms with Crippen LogP contribution < -0.4 is 5.32 Å². The van der Waals surface area contributed by atoms with Gasteiger partial charge in [-0.25, -0.2) is 0 Å². The second-order valence-corrected chi connectivity index (χ2v) is 7.36. The molecule has 1 saturated heterocycles. The summed E-state index contributed by atoms with van der Waals surface area (Å²) < 4.78 is 7.15. The molecule has 2 atom stereocenters. The van der Waals surface area contributed by atoms with Crippen molar-refractivity contribution in [3.8, 4) is 0 Å². The smallest absolute Gasteiger partial charge is 0.0686 e. The molecule has 0 bridgehead atoms. The van der Waals surface area contributed by atoms with Crippen LogP contribution in [0.2, 0.25) is 5.02 Å². The molecular formula is C16H21BrClNO. The van der Waals surface area contributed by atoms with Crippen molar-refractivity contribution in [2.24, 2.45) is 5.92 Å². The van der Waals surface area contributed by atoms with Crippen molar-refractivity contribution >= 4 is 27.5 Å². The average Bonchev–Trinajstić information content (AvgIpc) is 2.40.